The molecule has 6 heteroatoms. The van der Waals surface area contributed by atoms with Gasteiger partial charge in [0.05, 0.1) is 6.61 Å². The van der Waals surface area contributed by atoms with E-state index in [1.54, 1.807) is 12.1 Å². The van der Waals surface area contributed by atoms with Crippen molar-refractivity contribution in [3.05, 3.63) is 35.1 Å². The molecule has 0 aliphatic rings. The average Bonchev–Trinajstić information content (AvgIpc) is 2.83. The van der Waals surface area contributed by atoms with Crippen molar-refractivity contribution in [1.82, 2.24) is 10.2 Å². The predicted octanol–water partition coefficient (Wildman–Crippen LogP) is 2.73. The molecule has 1 heterocycles. The van der Waals surface area contributed by atoms with Gasteiger partial charge in [-0.05, 0) is 18.6 Å². The van der Waals surface area contributed by atoms with Crippen molar-refractivity contribution in [2.75, 3.05) is 19.0 Å². The second kappa shape index (κ2) is 6.30. The minimum atomic E-state index is -0.282. The summed E-state index contributed by atoms with van der Waals surface area (Å²) in [5.41, 5.74) is 0. The summed E-state index contributed by atoms with van der Waals surface area (Å²) in [7, 11) is 1.82. The van der Waals surface area contributed by atoms with Crippen molar-refractivity contribution in [3.63, 3.8) is 0 Å². The first-order valence-electron chi connectivity index (χ1n) is 5.66. The number of nitrogens with zero attached hydrogens (tertiary/aromatic N) is 2. The van der Waals surface area contributed by atoms with Crippen LogP contribution in [0.3, 0.4) is 0 Å². The first kappa shape index (κ1) is 12.8. The monoisotopic (exact) mass is 267 g/mol. The van der Waals surface area contributed by atoms with Crippen LogP contribution >= 0.6 is 11.3 Å². The van der Waals surface area contributed by atoms with Gasteiger partial charge in [0.2, 0.25) is 5.13 Å². The van der Waals surface area contributed by atoms with Crippen LogP contribution in [0, 0.1) is 5.82 Å². The van der Waals surface area contributed by atoms with E-state index < -0.39 is 0 Å². The van der Waals surface area contributed by atoms with Gasteiger partial charge in [-0.25, -0.2) is 4.39 Å². The van der Waals surface area contributed by atoms with Crippen molar-refractivity contribution in [1.29, 1.82) is 0 Å². The first-order valence-corrected chi connectivity index (χ1v) is 6.48. The van der Waals surface area contributed by atoms with Crippen molar-refractivity contribution in [2.45, 2.75) is 12.8 Å². The molecule has 96 valence electrons. The molecule has 0 radical (unpaired) electrons. The number of rotatable bonds is 6. The van der Waals surface area contributed by atoms with Gasteiger partial charge in [-0.1, -0.05) is 17.4 Å². The van der Waals surface area contributed by atoms with Crippen LogP contribution in [-0.4, -0.2) is 23.9 Å². The number of nitrogens with one attached hydrogen (secondary N) is 1. The minimum absolute atomic E-state index is 0.282. The van der Waals surface area contributed by atoms with E-state index in [1.165, 1.54) is 23.5 Å². The fraction of sp³-hybridized carbons (Fsp3) is 0.333. The van der Waals surface area contributed by atoms with Crippen molar-refractivity contribution < 1.29 is 9.13 Å². The molecule has 1 aromatic carbocycles. The number of hydrogen-bond acceptors (Lipinski definition) is 5. The Morgan fingerprint density at radius 1 is 1.39 bits per heavy atom. The highest BCUT2D eigenvalue weighted by atomic mass is 32.1. The summed E-state index contributed by atoms with van der Waals surface area (Å²) in [6.07, 6.45) is 1.64. The Kier molecular flexibility index (Phi) is 4.46. The lowest BCUT2D eigenvalue weighted by Gasteiger charge is -2.04. The fourth-order valence-corrected chi connectivity index (χ4v) is 2.16. The third kappa shape index (κ3) is 3.66. The summed E-state index contributed by atoms with van der Waals surface area (Å²) in [5.74, 6) is 0.276. The quantitative estimate of drug-likeness (QED) is 0.817. The third-order valence-electron chi connectivity index (χ3n) is 2.28. The number of ether oxygens (including phenoxy) is 1. The van der Waals surface area contributed by atoms with E-state index in [0.29, 0.717) is 12.4 Å². The van der Waals surface area contributed by atoms with Gasteiger partial charge >= 0.3 is 0 Å². The standard InChI is InChI=1S/C12H14FN3OS/c1-14-12-16-15-11(18-12)6-3-7-17-10-5-2-4-9(13)8-10/h2,4-5,8H,3,6-7H2,1H3,(H,14,16). The molecule has 0 saturated carbocycles. The molecular weight excluding hydrogens is 253 g/mol. The topological polar surface area (TPSA) is 47.0 Å². The number of aromatic nitrogens is 2. The Labute approximate surface area is 109 Å². The van der Waals surface area contributed by atoms with Crippen LogP contribution in [-0.2, 0) is 6.42 Å². The summed E-state index contributed by atoms with van der Waals surface area (Å²) in [5, 5.41) is 12.7. The summed E-state index contributed by atoms with van der Waals surface area (Å²) in [4.78, 5) is 0. The maximum atomic E-state index is 12.9. The van der Waals surface area contributed by atoms with Crippen LogP contribution in [0.25, 0.3) is 0 Å². The van der Waals surface area contributed by atoms with Gasteiger partial charge in [0, 0.05) is 19.5 Å². The lowest BCUT2D eigenvalue weighted by molar-refractivity contribution is 0.309. The Balaban J connectivity index is 1.72. The van der Waals surface area contributed by atoms with Crippen LogP contribution in [0.15, 0.2) is 24.3 Å². The molecule has 0 amide bonds. The van der Waals surface area contributed by atoms with Crippen molar-refractivity contribution >= 4 is 16.5 Å². The average molecular weight is 267 g/mol. The maximum Gasteiger partial charge on any atom is 0.205 e. The van der Waals surface area contributed by atoms with E-state index >= 15 is 0 Å². The molecule has 0 aliphatic heterocycles. The molecule has 0 atom stereocenters. The molecule has 1 N–H and O–H groups in total. The molecule has 2 aromatic rings. The van der Waals surface area contributed by atoms with Crippen LogP contribution < -0.4 is 10.1 Å². The second-order valence-corrected chi connectivity index (χ2v) is 4.72. The van der Waals surface area contributed by atoms with Crippen LogP contribution in [0.2, 0.25) is 0 Å². The van der Waals surface area contributed by atoms with Gasteiger partial charge < -0.3 is 10.1 Å². The normalized spacial score (nSPS) is 10.3. The van der Waals surface area contributed by atoms with Crippen LogP contribution in [0.4, 0.5) is 9.52 Å². The fourth-order valence-electron chi connectivity index (χ4n) is 1.43. The number of anilines is 1. The van der Waals surface area contributed by atoms with Crippen molar-refractivity contribution in [3.8, 4) is 5.75 Å². The van der Waals surface area contributed by atoms with E-state index in [9.17, 15) is 4.39 Å². The molecule has 0 fully saturated rings. The Hall–Kier alpha value is -1.69. The second-order valence-electron chi connectivity index (χ2n) is 3.66. The minimum Gasteiger partial charge on any atom is -0.493 e. The summed E-state index contributed by atoms with van der Waals surface area (Å²) >= 11 is 1.53. The molecule has 2 rings (SSSR count). The zero-order valence-corrected chi connectivity index (χ0v) is 10.8. The number of benzene rings is 1. The molecule has 0 saturated heterocycles. The van der Waals surface area contributed by atoms with Gasteiger partial charge in [-0.2, -0.15) is 0 Å². The maximum absolute atomic E-state index is 12.9. The van der Waals surface area contributed by atoms with Gasteiger partial charge in [0.15, 0.2) is 0 Å². The Morgan fingerprint density at radius 3 is 3.00 bits per heavy atom. The highest BCUT2D eigenvalue weighted by Crippen LogP contribution is 2.16. The number of aryl methyl sites for hydroxylation is 1. The van der Waals surface area contributed by atoms with Crippen LogP contribution in [0.5, 0.6) is 5.75 Å². The summed E-state index contributed by atoms with van der Waals surface area (Å²) in [6.45, 7) is 0.540. The molecule has 0 unspecified atom stereocenters. The largest absolute Gasteiger partial charge is 0.493 e. The molecule has 4 nitrogen and oxygen atoms in total. The van der Waals surface area contributed by atoms with E-state index in [2.05, 4.69) is 15.5 Å². The van der Waals surface area contributed by atoms with Crippen molar-refractivity contribution in [2.24, 2.45) is 0 Å². The molecule has 0 bridgehead atoms. The first-order chi connectivity index (χ1) is 8.78. The van der Waals surface area contributed by atoms with E-state index in [-0.39, 0.29) is 5.82 Å². The molecule has 0 aliphatic carbocycles. The van der Waals surface area contributed by atoms with Gasteiger partial charge in [-0.3, -0.25) is 0 Å². The van der Waals surface area contributed by atoms with E-state index in [0.717, 1.165) is 23.0 Å². The zero-order valence-electron chi connectivity index (χ0n) is 10.0. The summed E-state index contributed by atoms with van der Waals surface area (Å²) < 4.78 is 18.3. The lowest BCUT2D eigenvalue weighted by Crippen LogP contribution is -1.99. The third-order valence-corrected chi connectivity index (χ3v) is 3.28. The van der Waals surface area contributed by atoms with E-state index in [4.69, 9.17) is 4.74 Å². The lowest BCUT2D eigenvalue weighted by atomic mass is 10.3. The Bertz CT molecular complexity index is 504. The molecule has 18 heavy (non-hydrogen) atoms. The highest BCUT2D eigenvalue weighted by molar-refractivity contribution is 7.15. The van der Waals surface area contributed by atoms with E-state index in [1.807, 2.05) is 7.05 Å². The predicted molar refractivity (Wildman–Crippen MR) is 69.7 cm³/mol. The van der Waals surface area contributed by atoms with Gasteiger partial charge in [0.25, 0.3) is 0 Å². The zero-order chi connectivity index (χ0) is 12.8. The number of hydrogen-bond donors (Lipinski definition) is 1. The van der Waals surface area contributed by atoms with Gasteiger partial charge in [-0.15, -0.1) is 10.2 Å². The highest BCUT2D eigenvalue weighted by Gasteiger charge is 2.02. The molecular formula is C12H14FN3OS. The number of halogens is 1. The van der Waals surface area contributed by atoms with Gasteiger partial charge in [0.1, 0.15) is 16.6 Å². The Morgan fingerprint density at radius 2 is 2.28 bits per heavy atom. The molecule has 0 spiro atoms. The smallest absolute Gasteiger partial charge is 0.205 e. The van der Waals surface area contributed by atoms with Crippen LogP contribution in [0.1, 0.15) is 11.4 Å². The summed E-state index contributed by atoms with van der Waals surface area (Å²) in [6, 6.07) is 6.15. The molecule has 1 aromatic heterocycles. The SMILES string of the molecule is CNc1nnc(CCCOc2cccc(F)c2)s1.